The third-order valence-electron chi connectivity index (χ3n) is 3.08. The Bertz CT molecular complexity index is 518. The fraction of sp³-hybridized carbons (Fsp3) is 0.308. The van der Waals surface area contributed by atoms with E-state index in [-0.39, 0.29) is 5.82 Å². The maximum absolute atomic E-state index is 13.6. The Kier molecular flexibility index (Phi) is 2.91. The molecular weight excluding hydrogens is 235 g/mol. The monoisotopic (exact) mass is 248 g/mol. The molecule has 2 nitrogen and oxygen atoms in total. The first kappa shape index (κ1) is 10.9. The van der Waals surface area contributed by atoms with Gasteiger partial charge in [-0.2, -0.15) is 0 Å². The maximum Gasteiger partial charge on any atom is 0.132 e. The van der Waals surface area contributed by atoms with E-state index >= 15 is 0 Å². The Labute approximate surface area is 104 Å². The van der Waals surface area contributed by atoms with E-state index in [1.165, 1.54) is 6.07 Å². The molecule has 0 aliphatic carbocycles. The van der Waals surface area contributed by atoms with Crippen LogP contribution in [0.5, 0.6) is 0 Å². The normalized spacial score (nSPS) is 19.7. The van der Waals surface area contributed by atoms with Gasteiger partial charge in [0, 0.05) is 23.4 Å². The lowest BCUT2D eigenvalue weighted by Gasteiger charge is -2.02. The van der Waals surface area contributed by atoms with E-state index < -0.39 is 0 Å². The predicted molar refractivity (Wildman–Crippen MR) is 67.7 cm³/mol. The minimum atomic E-state index is -0.200. The molecule has 0 radical (unpaired) electrons. The summed E-state index contributed by atoms with van der Waals surface area (Å²) in [6.07, 6.45) is 1.13. The summed E-state index contributed by atoms with van der Waals surface area (Å²) in [5.41, 5.74) is 1.36. The van der Waals surface area contributed by atoms with Crippen molar-refractivity contribution in [1.82, 2.24) is 10.3 Å². The standard InChI is InChI=1S/C13H13FN2S/c14-11-4-2-1-3-10(11)12-8-17-13(16-12)9-5-6-15-7-9/h1-4,8-9,15H,5-7H2. The van der Waals surface area contributed by atoms with Crippen LogP contribution >= 0.6 is 11.3 Å². The molecule has 3 rings (SSSR count). The minimum Gasteiger partial charge on any atom is -0.316 e. The molecule has 17 heavy (non-hydrogen) atoms. The van der Waals surface area contributed by atoms with Gasteiger partial charge in [0.2, 0.25) is 0 Å². The predicted octanol–water partition coefficient (Wildman–Crippen LogP) is 3.03. The summed E-state index contributed by atoms with van der Waals surface area (Å²) in [7, 11) is 0. The molecule has 2 heterocycles. The smallest absolute Gasteiger partial charge is 0.132 e. The largest absolute Gasteiger partial charge is 0.316 e. The zero-order chi connectivity index (χ0) is 11.7. The topological polar surface area (TPSA) is 24.9 Å². The SMILES string of the molecule is Fc1ccccc1-c1csc(C2CCNC2)n1. The molecule has 2 aromatic rings. The van der Waals surface area contributed by atoms with E-state index in [2.05, 4.69) is 10.3 Å². The van der Waals surface area contributed by atoms with Crippen LogP contribution in [-0.4, -0.2) is 18.1 Å². The van der Waals surface area contributed by atoms with Crippen molar-refractivity contribution in [2.24, 2.45) is 0 Å². The lowest BCUT2D eigenvalue weighted by Crippen LogP contribution is -2.07. The molecule has 1 unspecified atom stereocenters. The molecule has 1 aromatic heterocycles. The Morgan fingerprint density at radius 1 is 1.35 bits per heavy atom. The van der Waals surface area contributed by atoms with Gasteiger partial charge in [-0.25, -0.2) is 9.37 Å². The Morgan fingerprint density at radius 3 is 3.00 bits per heavy atom. The first-order valence-electron chi connectivity index (χ1n) is 5.75. The number of aromatic nitrogens is 1. The molecule has 1 aromatic carbocycles. The molecule has 1 fully saturated rings. The molecule has 4 heteroatoms. The van der Waals surface area contributed by atoms with E-state index in [1.807, 2.05) is 11.4 Å². The fourth-order valence-corrected chi connectivity index (χ4v) is 3.09. The van der Waals surface area contributed by atoms with E-state index in [1.54, 1.807) is 23.5 Å². The first-order valence-corrected chi connectivity index (χ1v) is 6.63. The van der Waals surface area contributed by atoms with Crippen LogP contribution in [0.1, 0.15) is 17.3 Å². The summed E-state index contributed by atoms with van der Waals surface area (Å²) in [4.78, 5) is 4.56. The summed E-state index contributed by atoms with van der Waals surface area (Å²) >= 11 is 1.63. The molecule has 0 saturated carbocycles. The zero-order valence-electron chi connectivity index (χ0n) is 9.32. The second kappa shape index (κ2) is 4.55. The van der Waals surface area contributed by atoms with Crippen LogP contribution in [0.25, 0.3) is 11.3 Å². The van der Waals surface area contributed by atoms with E-state index in [0.717, 1.165) is 30.2 Å². The third kappa shape index (κ3) is 2.10. The van der Waals surface area contributed by atoms with Crippen molar-refractivity contribution >= 4 is 11.3 Å². The van der Waals surface area contributed by atoms with Gasteiger partial charge in [0.05, 0.1) is 10.7 Å². The summed E-state index contributed by atoms with van der Waals surface area (Å²) in [6, 6.07) is 6.80. The minimum absolute atomic E-state index is 0.200. The Balaban J connectivity index is 1.92. The van der Waals surface area contributed by atoms with Crippen molar-refractivity contribution in [3.05, 3.63) is 40.5 Å². The van der Waals surface area contributed by atoms with Crippen LogP contribution in [0.4, 0.5) is 4.39 Å². The highest BCUT2D eigenvalue weighted by Gasteiger charge is 2.20. The summed E-state index contributed by atoms with van der Waals surface area (Å²) < 4.78 is 13.6. The molecule has 0 bridgehead atoms. The van der Waals surface area contributed by atoms with Crippen molar-refractivity contribution in [3.8, 4) is 11.3 Å². The highest BCUT2D eigenvalue weighted by molar-refractivity contribution is 7.10. The number of hydrogen-bond acceptors (Lipinski definition) is 3. The van der Waals surface area contributed by atoms with Gasteiger partial charge in [-0.05, 0) is 25.1 Å². The molecule has 1 atom stereocenters. The van der Waals surface area contributed by atoms with Gasteiger partial charge in [-0.15, -0.1) is 11.3 Å². The second-order valence-electron chi connectivity index (χ2n) is 4.24. The van der Waals surface area contributed by atoms with Crippen LogP contribution < -0.4 is 5.32 Å². The lowest BCUT2D eigenvalue weighted by molar-refractivity contribution is 0.630. The number of benzene rings is 1. The van der Waals surface area contributed by atoms with Gasteiger partial charge < -0.3 is 5.32 Å². The first-order chi connectivity index (χ1) is 8.34. The van der Waals surface area contributed by atoms with E-state index in [9.17, 15) is 4.39 Å². The van der Waals surface area contributed by atoms with Crippen LogP contribution in [-0.2, 0) is 0 Å². The van der Waals surface area contributed by atoms with Crippen molar-refractivity contribution < 1.29 is 4.39 Å². The van der Waals surface area contributed by atoms with Crippen molar-refractivity contribution in [1.29, 1.82) is 0 Å². The van der Waals surface area contributed by atoms with Gasteiger partial charge in [-0.1, -0.05) is 12.1 Å². The molecule has 1 N–H and O–H groups in total. The quantitative estimate of drug-likeness (QED) is 0.883. The Hall–Kier alpha value is -1.26. The van der Waals surface area contributed by atoms with Crippen LogP contribution in [0.3, 0.4) is 0 Å². The van der Waals surface area contributed by atoms with E-state index in [4.69, 9.17) is 0 Å². The molecular formula is C13H13FN2S. The van der Waals surface area contributed by atoms with Crippen molar-refractivity contribution in [3.63, 3.8) is 0 Å². The molecule has 0 spiro atoms. The van der Waals surface area contributed by atoms with Gasteiger partial charge in [0.15, 0.2) is 0 Å². The number of nitrogens with zero attached hydrogens (tertiary/aromatic N) is 1. The molecule has 1 aliphatic rings. The van der Waals surface area contributed by atoms with Crippen molar-refractivity contribution in [2.75, 3.05) is 13.1 Å². The second-order valence-corrected chi connectivity index (χ2v) is 5.13. The Morgan fingerprint density at radius 2 is 2.24 bits per heavy atom. The van der Waals surface area contributed by atoms with Gasteiger partial charge in [0.1, 0.15) is 5.82 Å². The number of nitrogens with one attached hydrogen (secondary N) is 1. The van der Waals surface area contributed by atoms with Gasteiger partial charge in [-0.3, -0.25) is 0 Å². The van der Waals surface area contributed by atoms with Crippen LogP contribution in [0.2, 0.25) is 0 Å². The molecule has 88 valence electrons. The van der Waals surface area contributed by atoms with Gasteiger partial charge in [0.25, 0.3) is 0 Å². The zero-order valence-corrected chi connectivity index (χ0v) is 10.1. The molecule has 1 aliphatic heterocycles. The fourth-order valence-electron chi connectivity index (χ4n) is 2.13. The van der Waals surface area contributed by atoms with Crippen LogP contribution in [0.15, 0.2) is 29.6 Å². The highest BCUT2D eigenvalue weighted by Crippen LogP contribution is 2.30. The van der Waals surface area contributed by atoms with Gasteiger partial charge >= 0.3 is 0 Å². The summed E-state index contributed by atoms with van der Waals surface area (Å²) in [6.45, 7) is 2.05. The summed E-state index contributed by atoms with van der Waals surface area (Å²) in [5, 5.41) is 6.39. The number of halogens is 1. The average Bonchev–Trinajstić information content (AvgIpc) is 3.00. The van der Waals surface area contributed by atoms with Crippen LogP contribution in [0, 0.1) is 5.82 Å². The van der Waals surface area contributed by atoms with E-state index in [0.29, 0.717) is 11.5 Å². The lowest BCUT2D eigenvalue weighted by atomic mass is 10.1. The number of hydrogen-bond donors (Lipinski definition) is 1. The average molecular weight is 248 g/mol. The maximum atomic E-state index is 13.6. The van der Waals surface area contributed by atoms with Crippen molar-refractivity contribution in [2.45, 2.75) is 12.3 Å². The number of thiazole rings is 1. The highest BCUT2D eigenvalue weighted by atomic mass is 32.1. The molecule has 1 saturated heterocycles. The third-order valence-corrected chi connectivity index (χ3v) is 4.09. The summed E-state index contributed by atoms with van der Waals surface area (Å²) in [5.74, 6) is 0.300. The number of rotatable bonds is 2. The molecule has 0 amide bonds.